The first-order chi connectivity index (χ1) is 10.5. The first kappa shape index (κ1) is 15.0. The first-order valence-corrected chi connectivity index (χ1v) is 8.00. The van der Waals surface area contributed by atoms with Crippen molar-refractivity contribution in [1.29, 1.82) is 0 Å². The van der Waals surface area contributed by atoms with Crippen molar-refractivity contribution in [1.82, 2.24) is 10.3 Å². The molecule has 0 aliphatic heterocycles. The lowest BCUT2D eigenvalue weighted by Crippen LogP contribution is -2.43. The zero-order chi connectivity index (χ0) is 15.7. The van der Waals surface area contributed by atoms with E-state index in [0.717, 1.165) is 10.6 Å². The van der Waals surface area contributed by atoms with Crippen LogP contribution >= 0.6 is 22.9 Å². The van der Waals surface area contributed by atoms with Gasteiger partial charge in [-0.25, -0.2) is 9.78 Å². The van der Waals surface area contributed by atoms with E-state index < -0.39 is 11.5 Å². The van der Waals surface area contributed by atoms with E-state index in [1.807, 2.05) is 18.2 Å². The lowest BCUT2D eigenvalue weighted by atomic mass is 10.2. The summed E-state index contributed by atoms with van der Waals surface area (Å²) in [5.74, 6) is -1.30. The van der Waals surface area contributed by atoms with Crippen molar-refractivity contribution in [3.05, 3.63) is 40.4 Å². The summed E-state index contributed by atoms with van der Waals surface area (Å²) >= 11 is 7.53. The Hall–Kier alpha value is -1.92. The van der Waals surface area contributed by atoms with Gasteiger partial charge in [0.15, 0.2) is 0 Å². The third kappa shape index (κ3) is 2.98. The summed E-state index contributed by atoms with van der Waals surface area (Å²) in [5.41, 5.74) is 0.377. The predicted octanol–water partition coefficient (Wildman–Crippen LogP) is 2.74. The zero-order valence-electron chi connectivity index (χ0n) is 11.5. The molecule has 1 aromatic heterocycles. The van der Waals surface area contributed by atoms with Crippen LogP contribution in [0.25, 0.3) is 10.6 Å². The number of hydrogen-bond acceptors (Lipinski definition) is 4. The van der Waals surface area contributed by atoms with Crippen LogP contribution in [0.2, 0.25) is 5.02 Å². The molecule has 1 saturated carbocycles. The van der Waals surface area contributed by atoms with Crippen LogP contribution in [0.3, 0.4) is 0 Å². The molecule has 1 heterocycles. The number of benzene rings is 1. The number of aliphatic carboxylic acids is 1. The first-order valence-electron chi connectivity index (χ1n) is 6.74. The number of aromatic nitrogens is 1. The number of halogens is 1. The van der Waals surface area contributed by atoms with Gasteiger partial charge in [-0.15, -0.1) is 11.3 Å². The summed E-state index contributed by atoms with van der Waals surface area (Å²) in [6, 6.07) is 7.37. The summed E-state index contributed by atoms with van der Waals surface area (Å²) in [6.07, 6.45) is 1.03. The standard InChI is InChI=1S/C15H13ClN2O3S/c16-11-4-2-1-3-10(11)13-17-9(8-22-13)7-12(19)18-15(5-6-15)14(20)21/h1-4,8H,5-7H2,(H,18,19)(H,20,21). The maximum absolute atomic E-state index is 11.9. The van der Waals surface area contributed by atoms with Crippen molar-refractivity contribution in [2.45, 2.75) is 24.8 Å². The van der Waals surface area contributed by atoms with Gasteiger partial charge in [0.1, 0.15) is 10.5 Å². The lowest BCUT2D eigenvalue weighted by molar-refractivity contribution is -0.143. The molecule has 3 rings (SSSR count). The molecule has 114 valence electrons. The maximum Gasteiger partial charge on any atom is 0.329 e. The number of hydrogen-bond donors (Lipinski definition) is 2. The second-order valence-electron chi connectivity index (χ2n) is 5.24. The van der Waals surface area contributed by atoms with Crippen molar-refractivity contribution in [2.24, 2.45) is 0 Å². The van der Waals surface area contributed by atoms with Gasteiger partial charge < -0.3 is 10.4 Å². The maximum atomic E-state index is 11.9. The summed E-state index contributed by atoms with van der Waals surface area (Å²) in [4.78, 5) is 27.4. The summed E-state index contributed by atoms with van der Waals surface area (Å²) in [6.45, 7) is 0. The molecular formula is C15H13ClN2O3S. The Labute approximate surface area is 136 Å². The minimum atomic E-state index is -1.06. The molecule has 0 unspecified atom stereocenters. The van der Waals surface area contributed by atoms with E-state index in [9.17, 15) is 9.59 Å². The van der Waals surface area contributed by atoms with E-state index in [0.29, 0.717) is 23.6 Å². The fraction of sp³-hybridized carbons (Fsp3) is 0.267. The van der Waals surface area contributed by atoms with E-state index in [1.54, 1.807) is 11.4 Å². The van der Waals surface area contributed by atoms with E-state index in [2.05, 4.69) is 10.3 Å². The van der Waals surface area contributed by atoms with E-state index >= 15 is 0 Å². The number of carbonyl (C=O) groups is 2. The van der Waals surface area contributed by atoms with Crippen molar-refractivity contribution < 1.29 is 14.7 Å². The molecule has 5 nitrogen and oxygen atoms in total. The average Bonchev–Trinajstić information content (AvgIpc) is 3.11. The highest BCUT2D eigenvalue weighted by molar-refractivity contribution is 7.13. The van der Waals surface area contributed by atoms with E-state index in [4.69, 9.17) is 16.7 Å². The highest BCUT2D eigenvalue weighted by Gasteiger charge is 2.51. The minimum absolute atomic E-state index is 0.0655. The van der Waals surface area contributed by atoms with Gasteiger partial charge in [-0.05, 0) is 18.9 Å². The number of carboxylic acid groups (broad SMARTS) is 1. The molecule has 0 saturated heterocycles. The molecule has 1 amide bonds. The zero-order valence-corrected chi connectivity index (χ0v) is 13.1. The largest absolute Gasteiger partial charge is 0.480 e. The van der Waals surface area contributed by atoms with Crippen LogP contribution in [-0.4, -0.2) is 27.5 Å². The van der Waals surface area contributed by atoms with Crippen LogP contribution in [0.15, 0.2) is 29.6 Å². The molecule has 1 aliphatic carbocycles. The van der Waals surface area contributed by atoms with Crippen LogP contribution < -0.4 is 5.32 Å². The van der Waals surface area contributed by atoms with Gasteiger partial charge in [0, 0.05) is 10.9 Å². The van der Waals surface area contributed by atoms with Crippen LogP contribution in [0.5, 0.6) is 0 Å². The number of nitrogens with one attached hydrogen (secondary N) is 1. The second-order valence-corrected chi connectivity index (χ2v) is 6.50. The van der Waals surface area contributed by atoms with Gasteiger partial charge in [0.2, 0.25) is 5.91 Å². The normalized spacial score (nSPS) is 15.3. The molecule has 1 aliphatic rings. The molecule has 0 radical (unpaired) electrons. The van der Waals surface area contributed by atoms with Crippen molar-refractivity contribution in [3.63, 3.8) is 0 Å². The van der Waals surface area contributed by atoms with Gasteiger partial charge in [0.05, 0.1) is 17.1 Å². The molecule has 0 atom stereocenters. The molecule has 2 N–H and O–H groups in total. The third-order valence-electron chi connectivity index (χ3n) is 3.54. The fourth-order valence-electron chi connectivity index (χ4n) is 2.14. The Kier molecular flexibility index (Phi) is 3.88. The summed E-state index contributed by atoms with van der Waals surface area (Å²) in [7, 11) is 0. The Balaban J connectivity index is 1.69. The van der Waals surface area contributed by atoms with Crippen molar-refractivity contribution in [2.75, 3.05) is 0 Å². The second kappa shape index (κ2) is 5.70. The summed E-state index contributed by atoms with van der Waals surface area (Å²) < 4.78 is 0. The van der Waals surface area contributed by atoms with E-state index in [1.165, 1.54) is 11.3 Å². The van der Waals surface area contributed by atoms with Gasteiger partial charge in [-0.1, -0.05) is 29.8 Å². The topological polar surface area (TPSA) is 79.3 Å². The molecule has 2 aromatic rings. The number of rotatable bonds is 5. The number of nitrogens with zero attached hydrogens (tertiary/aromatic N) is 1. The monoisotopic (exact) mass is 336 g/mol. The predicted molar refractivity (Wildman–Crippen MR) is 84.0 cm³/mol. The number of carbonyl (C=O) groups excluding carboxylic acids is 1. The van der Waals surface area contributed by atoms with Gasteiger partial charge in [-0.2, -0.15) is 0 Å². The number of carboxylic acids is 1. The minimum Gasteiger partial charge on any atom is -0.480 e. The van der Waals surface area contributed by atoms with Gasteiger partial charge in [-0.3, -0.25) is 4.79 Å². The molecule has 0 bridgehead atoms. The van der Waals surface area contributed by atoms with E-state index in [-0.39, 0.29) is 12.3 Å². The van der Waals surface area contributed by atoms with Crippen molar-refractivity contribution >= 4 is 34.8 Å². The van der Waals surface area contributed by atoms with Gasteiger partial charge in [0.25, 0.3) is 0 Å². The van der Waals surface area contributed by atoms with Crippen molar-refractivity contribution in [3.8, 4) is 10.6 Å². The Morgan fingerprint density at radius 1 is 1.36 bits per heavy atom. The Morgan fingerprint density at radius 2 is 2.09 bits per heavy atom. The molecule has 1 aromatic carbocycles. The SMILES string of the molecule is O=C(Cc1csc(-c2ccccc2Cl)n1)NC1(C(=O)O)CC1. The summed E-state index contributed by atoms with van der Waals surface area (Å²) in [5, 5.41) is 14.8. The molecule has 1 fully saturated rings. The fourth-order valence-corrected chi connectivity index (χ4v) is 3.28. The quantitative estimate of drug-likeness (QED) is 0.880. The number of amides is 1. The average molecular weight is 337 g/mol. The Bertz CT molecular complexity index is 740. The van der Waals surface area contributed by atoms with Crippen LogP contribution in [0, 0.1) is 0 Å². The number of thiazole rings is 1. The van der Waals surface area contributed by atoms with Crippen LogP contribution in [0.1, 0.15) is 18.5 Å². The van der Waals surface area contributed by atoms with Crippen LogP contribution in [-0.2, 0) is 16.0 Å². The molecule has 7 heteroatoms. The highest BCUT2D eigenvalue weighted by Crippen LogP contribution is 2.35. The lowest BCUT2D eigenvalue weighted by Gasteiger charge is -2.11. The smallest absolute Gasteiger partial charge is 0.329 e. The van der Waals surface area contributed by atoms with Crippen LogP contribution in [0.4, 0.5) is 0 Å². The molecular weight excluding hydrogens is 324 g/mol. The third-order valence-corrected chi connectivity index (χ3v) is 4.79. The van der Waals surface area contributed by atoms with Gasteiger partial charge >= 0.3 is 5.97 Å². The molecule has 22 heavy (non-hydrogen) atoms. The molecule has 0 spiro atoms. The highest BCUT2D eigenvalue weighted by atomic mass is 35.5. The Morgan fingerprint density at radius 3 is 2.73 bits per heavy atom.